The van der Waals surface area contributed by atoms with Crippen LogP contribution < -0.4 is 5.32 Å². The molecule has 2 heterocycles. The van der Waals surface area contributed by atoms with Crippen molar-refractivity contribution in [3.63, 3.8) is 0 Å². The average molecular weight is 210 g/mol. The molecule has 0 radical (unpaired) electrons. The van der Waals surface area contributed by atoms with E-state index in [9.17, 15) is 4.21 Å². The molecular weight excluding hydrogens is 196 g/mol. The molecule has 1 fully saturated rings. The first kappa shape index (κ1) is 9.65. The van der Waals surface area contributed by atoms with Crippen molar-refractivity contribution >= 4 is 16.5 Å². The third kappa shape index (κ3) is 2.54. The SMILES string of the molecule is O=S1CCC(Nc2cccnc2)CC1. The summed E-state index contributed by atoms with van der Waals surface area (Å²) in [6, 6.07) is 4.40. The molecule has 14 heavy (non-hydrogen) atoms. The Hall–Kier alpha value is -0.900. The van der Waals surface area contributed by atoms with Crippen LogP contribution in [0.4, 0.5) is 5.69 Å². The second-order valence-corrected chi connectivity index (χ2v) is 5.20. The van der Waals surface area contributed by atoms with E-state index in [1.807, 2.05) is 18.3 Å². The van der Waals surface area contributed by atoms with Gasteiger partial charge in [-0.1, -0.05) is 0 Å². The van der Waals surface area contributed by atoms with Crippen LogP contribution in [0.3, 0.4) is 0 Å². The minimum atomic E-state index is -0.575. The molecule has 1 aromatic rings. The average Bonchev–Trinajstić information content (AvgIpc) is 2.23. The maximum Gasteiger partial charge on any atom is 0.0528 e. The Balaban J connectivity index is 1.89. The zero-order valence-corrected chi connectivity index (χ0v) is 8.80. The molecule has 0 aromatic carbocycles. The lowest BCUT2D eigenvalue weighted by Gasteiger charge is -2.23. The summed E-state index contributed by atoms with van der Waals surface area (Å²) in [5.74, 6) is 1.66. The highest BCUT2D eigenvalue weighted by Gasteiger charge is 2.17. The largest absolute Gasteiger partial charge is 0.381 e. The van der Waals surface area contributed by atoms with Gasteiger partial charge >= 0.3 is 0 Å². The molecule has 4 heteroatoms. The van der Waals surface area contributed by atoms with E-state index < -0.39 is 10.8 Å². The summed E-state index contributed by atoms with van der Waals surface area (Å²) in [5, 5.41) is 3.40. The van der Waals surface area contributed by atoms with Gasteiger partial charge in [-0.15, -0.1) is 0 Å². The predicted molar refractivity (Wildman–Crippen MR) is 58.8 cm³/mol. The van der Waals surface area contributed by atoms with E-state index in [2.05, 4.69) is 10.3 Å². The molecule has 2 rings (SSSR count). The number of anilines is 1. The second kappa shape index (κ2) is 4.55. The number of aromatic nitrogens is 1. The number of rotatable bonds is 2. The van der Waals surface area contributed by atoms with Crippen molar-refractivity contribution in [2.45, 2.75) is 18.9 Å². The Morgan fingerprint density at radius 3 is 2.86 bits per heavy atom. The Bertz CT molecular complexity index is 305. The van der Waals surface area contributed by atoms with Crippen LogP contribution in [0.1, 0.15) is 12.8 Å². The molecule has 0 bridgehead atoms. The third-order valence-electron chi connectivity index (χ3n) is 2.42. The lowest BCUT2D eigenvalue weighted by atomic mass is 10.1. The van der Waals surface area contributed by atoms with Gasteiger partial charge in [-0.2, -0.15) is 0 Å². The topological polar surface area (TPSA) is 42.0 Å². The first-order valence-electron chi connectivity index (χ1n) is 4.86. The second-order valence-electron chi connectivity index (χ2n) is 3.51. The van der Waals surface area contributed by atoms with E-state index in [1.165, 1.54) is 0 Å². The molecule has 1 N–H and O–H groups in total. The Morgan fingerprint density at radius 2 is 2.21 bits per heavy atom. The molecule has 3 nitrogen and oxygen atoms in total. The summed E-state index contributed by atoms with van der Waals surface area (Å²) in [6.07, 6.45) is 5.59. The van der Waals surface area contributed by atoms with Crippen molar-refractivity contribution in [3.8, 4) is 0 Å². The fourth-order valence-corrected chi connectivity index (χ4v) is 2.92. The summed E-state index contributed by atoms with van der Waals surface area (Å²) in [4.78, 5) is 4.04. The first-order chi connectivity index (χ1) is 6.84. The summed E-state index contributed by atoms with van der Waals surface area (Å²) >= 11 is 0. The van der Waals surface area contributed by atoms with Crippen LogP contribution in [0, 0.1) is 0 Å². The van der Waals surface area contributed by atoms with Crippen molar-refractivity contribution in [1.29, 1.82) is 0 Å². The van der Waals surface area contributed by atoms with E-state index in [-0.39, 0.29) is 0 Å². The maximum atomic E-state index is 11.1. The van der Waals surface area contributed by atoms with Crippen LogP contribution in [-0.2, 0) is 10.8 Å². The van der Waals surface area contributed by atoms with Crippen LogP contribution in [-0.4, -0.2) is 26.7 Å². The van der Waals surface area contributed by atoms with Gasteiger partial charge in [-0.3, -0.25) is 9.19 Å². The number of hydrogen-bond acceptors (Lipinski definition) is 3. The Labute approximate surface area is 86.4 Å². The van der Waals surface area contributed by atoms with Crippen LogP contribution in [0.25, 0.3) is 0 Å². The van der Waals surface area contributed by atoms with Gasteiger partial charge in [0.25, 0.3) is 0 Å². The highest BCUT2D eigenvalue weighted by molar-refractivity contribution is 7.85. The molecule has 1 aromatic heterocycles. The van der Waals surface area contributed by atoms with Crippen LogP contribution in [0.2, 0.25) is 0 Å². The molecule has 0 amide bonds. The monoisotopic (exact) mass is 210 g/mol. The van der Waals surface area contributed by atoms with Crippen molar-refractivity contribution in [2.75, 3.05) is 16.8 Å². The van der Waals surface area contributed by atoms with Crippen LogP contribution >= 0.6 is 0 Å². The Kier molecular flexibility index (Phi) is 3.14. The van der Waals surface area contributed by atoms with E-state index in [0.717, 1.165) is 30.0 Å². The normalized spacial score (nSPS) is 27.1. The van der Waals surface area contributed by atoms with Gasteiger partial charge in [0.05, 0.1) is 5.69 Å². The standard InChI is InChI=1S/C10H14N2OS/c13-14-6-3-9(4-7-14)12-10-2-1-5-11-8-10/h1-2,5,8-9,12H,3-4,6-7H2. The molecular formula is C10H14N2OS. The first-order valence-corrected chi connectivity index (χ1v) is 6.35. The van der Waals surface area contributed by atoms with Gasteiger partial charge in [-0.05, 0) is 25.0 Å². The van der Waals surface area contributed by atoms with E-state index in [0.29, 0.717) is 6.04 Å². The van der Waals surface area contributed by atoms with Crippen LogP contribution in [0.5, 0.6) is 0 Å². The van der Waals surface area contributed by atoms with Crippen LogP contribution in [0.15, 0.2) is 24.5 Å². The highest BCUT2D eigenvalue weighted by Crippen LogP contribution is 2.14. The zero-order valence-electron chi connectivity index (χ0n) is 7.98. The van der Waals surface area contributed by atoms with Gasteiger partial charge in [0, 0.05) is 40.7 Å². The fourth-order valence-electron chi connectivity index (χ4n) is 1.62. The Morgan fingerprint density at radius 1 is 1.43 bits per heavy atom. The fraction of sp³-hybridized carbons (Fsp3) is 0.500. The molecule has 0 unspecified atom stereocenters. The van der Waals surface area contributed by atoms with Gasteiger partial charge in [0.2, 0.25) is 0 Å². The highest BCUT2D eigenvalue weighted by atomic mass is 32.2. The molecule has 1 aliphatic rings. The van der Waals surface area contributed by atoms with E-state index >= 15 is 0 Å². The lowest BCUT2D eigenvalue weighted by molar-refractivity contribution is 0.624. The van der Waals surface area contributed by atoms with E-state index in [4.69, 9.17) is 0 Å². The zero-order chi connectivity index (χ0) is 9.80. The minimum Gasteiger partial charge on any atom is -0.381 e. The van der Waals surface area contributed by atoms with Crippen molar-refractivity contribution in [2.24, 2.45) is 0 Å². The van der Waals surface area contributed by atoms with Gasteiger partial charge < -0.3 is 5.32 Å². The summed E-state index contributed by atoms with van der Waals surface area (Å²) in [6.45, 7) is 0. The smallest absolute Gasteiger partial charge is 0.0528 e. The number of hydrogen-bond donors (Lipinski definition) is 1. The van der Waals surface area contributed by atoms with Gasteiger partial charge in [0.1, 0.15) is 0 Å². The predicted octanol–water partition coefficient (Wildman–Crippen LogP) is 1.40. The molecule has 0 saturated carbocycles. The van der Waals surface area contributed by atoms with Gasteiger partial charge in [-0.25, -0.2) is 0 Å². The van der Waals surface area contributed by atoms with Crippen molar-refractivity contribution < 1.29 is 4.21 Å². The number of nitrogens with one attached hydrogen (secondary N) is 1. The quantitative estimate of drug-likeness (QED) is 0.802. The third-order valence-corrected chi connectivity index (χ3v) is 3.80. The molecule has 1 saturated heterocycles. The molecule has 1 aliphatic heterocycles. The number of nitrogens with zero attached hydrogens (tertiary/aromatic N) is 1. The van der Waals surface area contributed by atoms with E-state index in [1.54, 1.807) is 6.20 Å². The van der Waals surface area contributed by atoms with Crippen molar-refractivity contribution in [1.82, 2.24) is 4.98 Å². The number of pyridine rings is 1. The maximum absolute atomic E-state index is 11.1. The molecule has 0 atom stereocenters. The summed E-state index contributed by atoms with van der Waals surface area (Å²) in [7, 11) is -0.575. The summed E-state index contributed by atoms with van der Waals surface area (Å²) < 4.78 is 11.1. The summed E-state index contributed by atoms with van der Waals surface area (Å²) in [5.41, 5.74) is 1.06. The molecule has 76 valence electrons. The molecule has 0 aliphatic carbocycles. The minimum absolute atomic E-state index is 0.469. The van der Waals surface area contributed by atoms with Gasteiger partial charge in [0.15, 0.2) is 0 Å². The van der Waals surface area contributed by atoms with Crippen molar-refractivity contribution in [3.05, 3.63) is 24.5 Å². The molecule has 0 spiro atoms. The lowest BCUT2D eigenvalue weighted by Crippen LogP contribution is -2.29.